The Hall–Kier alpha value is -1.19. The summed E-state index contributed by atoms with van der Waals surface area (Å²) in [6.07, 6.45) is 7.12. The minimum Gasteiger partial charge on any atom is -0.376 e. The van der Waals surface area contributed by atoms with E-state index in [1.165, 1.54) is 6.92 Å². The summed E-state index contributed by atoms with van der Waals surface area (Å²) >= 11 is 0. The maximum atomic E-state index is 13.2. The van der Waals surface area contributed by atoms with E-state index >= 15 is 0 Å². The Morgan fingerprint density at radius 1 is 1.10 bits per heavy atom. The number of hydrogen-bond donors (Lipinski definition) is 1. The predicted molar refractivity (Wildman–Crippen MR) is 119 cm³/mol. The van der Waals surface area contributed by atoms with Crippen molar-refractivity contribution in [2.75, 3.05) is 32.5 Å². The van der Waals surface area contributed by atoms with E-state index in [2.05, 4.69) is 18.6 Å². The van der Waals surface area contributed by atoms with Gasteiger partial charge in [-0.15, -0.1) is 0 Å². The van der Waals surface area contributed by atoms with Gasteiger partial charge in [-0.05, 0) is 50.4 Å². The molecule has 1 N–H and O–H groups in total. The molecule has 2 aliphatic heterocycles. The van der Waals surface area contributed by atoms with Crippen molar-refractivity contribution in [2.24, 2.45) is 17.8 Å². The van der Waals surface area contributed by atoms with Gasteiger partial charge in [0.1, 0.15) is 0 Å². The number of rotatable bonds is 7. The molecule has 2 heterocycles. The average molecular weight is 458 g/mol. The molecule has 1 aliphatic carbocycles. The highest BCUT2D eigenvalue weighted by Gasteiger charge is 2.42. The van der Waals surface area contributed by atoms with Crippen molar-refractivity contribution in [2.45, 2.75) is 77.5 Å². The van der Waals surface area contributed by atoms with E-state index in [9.17, 15) is 18.0 Å². The van der Waals surface area contributed by atoms with Gasteiger partial charge in [-0.2, -0.15) is 0 Å². The van der Waals surface area contributed by atoms with E-state index < -0.39 is 10.0 Å². The minimum absolute atomic E-state index is 0.00890. The lowest BCUT2D eigenvalue weighted by molar-refractivity contribution is -0.152. The molecule has 2 atom stereocenters. The predicted octanol–water partition coefficient (Wildman–Crippen LogP) is 1.60. The maximum Gasteiger partial charge on any atom is 0.229 e. The van der Waals surface area contributed by atoms with Gasteiger partial charge in [0.05, 0.1) is 30.9 Å². The highest BCUT2D eigenvalue weighted by atomic mass is 32.2. The van der Waals surface area contributed by atoms with E-state index in [-0.39, 0.29) is 35.9 Å². The van der Waals surface area contributed by atoms with Gasteiger partial charge < -0.3 is 14.5 Å². The Balaban J connectivity index is 1.64. The summed E-state index contributed by atoms with van der Waals surface area (Å²) in [6.45, 7) is 7.89. The molecule has 0 aromatic heterocycles. The molecule has 0 radical (unpaired) electrons. The van der Waals surface area contributed by atoms with Gasteiger partial charge in [0.15, 0.2) is 0 Å². The topological polar surface area (TPSA) is 96.0 Å². The Morgan fingerprint density at radius 2 is 1.74 bits per heavy atom. The van der Waals surface area contributed by atoms with Gasteiger partial charge in [-0.25, -0.2) is 13.1 Å². The third-order valence-corrected chi connectivity index (χ3v) is 8.00. The van der Waals surface area contributed by atoms with E-state index in [0.717, 1.165) is 44.3 Å². The lowest BCUT2D eigenvalue weighted by Gasteiger charge is -2.46. The summed E-state index contributed by atoms with van der Waals surface area (Å²) in [5, 5.41) is 0. The number of likely N-dealkylation sites (tertiary alicyclic amines) is 2. The second kappa shape index (κ2) is 10.2. The molecule has 2 saturated heterocycles. The first-order valence-electron chi connectivity index (χ1n) is 11.7. The van der Waals surface area contributed by atoms with Crippen LogP contribution < -0.4 is 4.72 Å². The fourth-order valence-corrected chi connectivity index (χ4v) is 6.06. The molecule has 178 valence electrons. The van der Waals surface area contributed by atoms with Gasteiger partial charge in [0.2, 0.25) is 21.8 Å². The number of hydrogen-bond acceptors (Lipinski definition) is 5. The number of amides is 2. The summed E-state index contributed by atoms with van der Waals surface area (Å²) in [6, 6.07) is -0.658. The van der Waals surface area contributed by atoms with Crippen LogP contribution in [0, 0.1) is 17.8 Å². The second-order valence-electron chi connectivity index (χ2n) is 9.97. The van der Waals surface area contributed by atoms with E-state index in [0.29, 0.717) is 38.6 Å². The number of carbonyl (C=O) groups excluding carboxylic acids is 2. The van der Waals surface area contributed by atoms with Crippen LogP contribution in [-0.4, -0.2) is 80.7 Å². The summed E-state index contributed by atoms with van der Waals surface area (Å²) in [5.74, 6) is 1.22. The van der Waals surface area contributed by atoms with Crippen LogP contribution in [0.5, 0.6) is 0 Å². The summed E-state index contributed by atoms with van der Waals surface area (Å²) in [4.78, 5) is 28.2. The fourth-order valence-electron chi connectivity index (χ4n) is 5.23. The molecule has 0 spiro atoms. The number of piperidine rings is 1. The molecule has 31 heavy (non-hydrogen) atoms. The largest absolute Gasteiger partial charge is 0.376 e. The summed E-state index contributed by atoms with van der Waals surface area (Å²) in [7, 11) is -3.39. The Kier molecular flexibility index (Phi) is 8.02. The zero-order valence-corrected chi connectivity index (χ0v) is 20.2. The molecule has 9 heteroatoms. The number of carbonyl (C=O) groups is 2. The van der Waals surface area contributed by atoms with Crippen LogP contribution >= 0.6 is 0 Å². The van der Waals surface area contributed by atoms with Crippen LogP contribution in [-0.2, 0) is 24.3 Å². The van der Waals surface area contributed by atoms with Crippen molar-refractivity contribution in [1.82, 2.24) is 14.5 Å². The molecule has 2 amide bonds. The highest BCUT2D eigenvalue weighted by molar-refractivity contribution is 7.88. The van der Waals surface area contributed by atoms with Crippen LogP contribution in [0.2, 0.25) is 0 Å². The molecule has 3 rings (SSSR count). The molecular formula is C22H39N3O5S. The normalized spacial score (nSPS) is 30.4. The first kappa shape index (κ1) is 24.5. The van der Waals surface area contributed by atoms with Crippen molar-refractivity contribution in [3.05, 3.63) is 0 Å². The molecule has 0 aromatic rings. The van der Waals surface area contributed by atoms with Crippen LogP contribution in [0.3, 0.4) is 0 Å². The van der Waals surface area contributed by atoms with Crippen molar-refractivity contribution in [3.8, 4) is 0 Å². The van der Waals surface area contributed by atoms with Gasteiger partial charge in [0.25, 0.3) is 0 Å². The van der Waals surface area contributed by atoms with Crippen molar-refractivity contribution in [1.29, 1.82) is 0 Å². The summed E-state index contributed by atoms with van der Waals surface area (Å²) < 4.78 is 32.9. The van der Waals surface area contributed by atoms with Crippen molar-refractivity contribution in [3.63, 3.8) is 0 Å². The van der Waals surface area contributed by atoms with Crippen LogP contribution in [0.25, 0.3) is 0 Å². The molecule has 0 aromatic carbocycles. The fraction of sp³-hybridized carbons (Fsp3) is 0.909. The van der Waals surface area contributed by atoms with E-state index in [1.54, 1.807) is 4.90 Å². The lowest BCUT2D eigenvalue weighted by Crippen LogP contribution is -2.63. The first-order chi connectivity index (χ1) is 14.5. The molecule has 0 bridgehead atoms. The van der Waals surface area contributed by atoms with Gasteiger partial charge in [0, 0.05) is 32.6 Å². The number of sulfonamides is 1. The molecular weight excluding hydrogens is 418 g/mol. The smallest absolute Gasteiger partial charge is 0.229 e. The Bertz CT molecular complexity index is 742. The van der Waals surface area contributed by atoms with Crippen molar-refractivity contribution >= 4 is 21.8 Å². The Morgan fingerprint density at radius 3 is 2.29 bits per heavy atom. The molecule has 3 aliphatic rings. The first-order valence-corrected chi connectivity index (χ1v) is 13.6. The standard InChI is InChI=1S/C22H39N3O5S/c1-15(2)17-7-9-19(10-8-17)30-14-21-20(23-31(4,28)29)6-5-11-25(21)22(27)18-12-24(13-18)16(3)26/h15,17-21,23H,5-14H2,1-4H3/t17-,19+,20-,21-/m0/s1. The molecule has 8 nitrogen and oxygen atoms in total. The molecule has 3 fully saturated rings. The van der Waals surface area contributed by atoms with Crippen molar-refractivity contribution < 1.29 is 22.7 Å². The zero-order chi connectivity index (χ0) is 22.8. The van der Waals surface area contributed by atoms with Gasteiger partial charge >= 0.3 is 0 Å². The third kappa shape index (κ3) is 6.42. The molecule has 0 unspecified atom stereocenters. The summed E-state index contributed by atoms with van der Waals surface area (Å²) in [5.41, 5.74) is 0. The monoisotopic (exact) mass is 457 g/mol. The quantitative estimate of drug-likeness (QED) is 0.627. The Labute approximate surface area is 187 Å². The number of nitrogens with one attached hydrogen (secondary N) is 1. The van der Waals surface area contributed by atoms with Crippen LogP contribution in [0.4, 0.5) is 0 Å². The van der Waals surface area contributed by atoms with E-state index in [4.69, 9.17) is 4.74 Å². The van der Waals surface area contributed by atoms with Crippen LogP contribution in [0.15, 0.2) is 0 Å². The van der Waals surface area contributed by atoms with E-state index in [1.807, 2.05) is 4.90 Å². The highest BCUT2D eigenvalue weighted by Crippen LogP contribution is 2.32. The zero-order valence-electron chi connectivity index (χ0n) is 19.4. The SMILES string of the molecule is CC(=O)N1CC(C(=O)N2CCC[C@H](NS(C)(=O)=O)[C@@H]2CO[C@H]2CC[C@@H](C(C)C)CC2)C1. The number of nitrogens with zero attached hydrogens (tertiary/aromatic N) is 2. The van der Waals surface area contributed by atoms with Gasteiger partial charge in [-0.3, -0.25) is 9.59 Å². The van der Waals surface area contributed by atoms with Gasteiger partial charge in [-0.1, -0.05) is 13.8 Å². The third-order valence-electron chi connectivity index (χ3n) is 7.27. The average Bonchev–Trinajstić information content (AvgIpc) is 2.64. The van der Waals surface area contributed by atoms with Crippen LogP contribution in [0.1, 0.15) is 59.3 Å². The minimum atomic E-state index is -3.39. The molecule has 1 saturated carbocycles. The lowest BCUT2D eigenvalue weighted by atomic mass is 9.80. The number of ether oxygens (including phenoxy) is 1. The maximum absolute atomic E-state index is 13.2. The second-order valence-corrected chi connectivity index (χ2v) is 11.8.